The van der Waals surface area contributed by atoms with E-state index >= 15 is 0 Å². The van der Waals surface area contributed by atoms with Gasteiger partial charge in [-0.05, 0) is 50.2 Å². The van der Waals surface area contributed by atoms with Crippen LogP contribution in [-0.2, 0) is 0 Å². The highest BCUT2D eigenvalue weighted by molar-refractivity contribution is 6.05. The third kappa shape index (κ3) is 4.42. The van der Waals surface area contributed by atoms with Crippen LogP contribution in [0.15, 0.2) is 48.5 Å². The number of nitrogens with one attached hydrogen (secondary N) is 2. The number of anilines is 3. The Labute approximate surface area is 160 Å². The number of aryl methyl sites for hydroxylation is 2. The summed E-state index contributed by atoms with van der Waals surface area (Å²) in [4.78, 5) is 32.0. The lowest BCUT2D eigenvalue weighted by atomic mass is 10.1. The van der Waals surface area contributed by atoms with E-state index in [0.717, 1.165) is 11.4 Å². The number of phenols is 1. The van der Waals surface area contributed by atoms with Crippen LogP contribution in [0.4, 0.5) is 17.3 Å². The van der Waals surface area contributed by atoms with E-state index in [9.17, 15) is 14.7 Å². The van der Waals surface area contributed by atoms with Crippen LogP contribution in [0.3, 0.4) is 0 Å². The van der Waals surface area contributed by atoms with E-state index in [1.54, 1.807) is 24.3 Å². The van der Waals surface area contributed by atoms with Crippen molar-refractivity contribution >= 4 is 29.2 Å². The van der Waals surface area contributed by atoms with E-state index in [2.05, 4.69) is 20.6 Å². The maximum atomic E-state index is 12.5. The quantitative estimate of drug-likeness (QED) is 0.535. The summed E-state index contributed by atoms with van der Waals surface area (Å²) in [6.07, 6.45) is 0. The minimum Gasteiger partial charge on any atom is -0.507 e. The summed E-state index contributed by atoms with van der Waals surface area (Å²) < 4.78 is 0. The molecule has 0 unspecified atom stereocenters. The Bertz CT molecular complexity index is 1050. The first-order valence-corrected chi connectivity index (χ1v) is 8.39. The second-order valence-electron chi connectivity index (χ2n) is 6.17. The molecule has 0 aliphatic rings. The van der Waals surface area contributed by atoms with Gasteiger partial charge in [0.25, 0.3) is 5.91 Å². The fourth-order valence-electron chi connectivity index (χ4n) is 2.64. The average Bonchev–Trinajstić information content (AvgIpc) is 2.60. The van der Waals surface area contributed by atoms with E-state index < -0.39 is 17.6 Å². The largest absolute Gasteiger partial charge is 0.507 e. The van der Waals surface area contributed by atoms with Gasteiger partial charge in [-0.25, -0.2) is 14.8 Å². The molecule has 0 spiro atoms. The monoisotopic (exact) mass is 378 g/mol. The summed E-state index contributed by atoms with van der Waals surface area (Å²) in [5.41, 5.74) is 2.71. The van der Waals surface area contributed by atoms with Crippen molar-refractivity contribution in [1.29, 1.82) is 0 Å². The molecule has 8 nitrogen and oxygen atoms in total. The molecule has 8 heteroatoms. The van der Waals surface area contributed by atoms with E-state index in [4.69, 9.17) is 5.11 Å². The molecule has 0 saturated carbocycles. The van der Waals surface area contributed by atoms with Crippen LogP contribution < -0.4 is 10.6 Å². The maximum Gasteiger partial charge on any atom is 0.339 e. The minimum atomic E-state index is -1.25. The highest BCUT2D eigenvalue weighted by Crippen LogP contribution is 2.23. The van der Waals surface area contributed by atoms with Crippen LogP contribution in [0.25, 0.3) is 0 Å². The fourth-order valence-corrected chi connectivity index (χ4v) is 2.64. The Balaban J connectivity index is 1.77. The smallest absolute Gasteiger partial charge is 0.339 e. The van der Waals surface area contributed by atoms with Crippen molar-refractivity contribution in [2.75, 3.05) is 10.6 Å². The second kappa shape index (κ2) is 7.75. The van der Waals surface area contributed by atoms with Gasteiger partial charge in [0.2, 0.25) is 5.95 Å². The average molecular weight is 378 g/mol. The topological polar surface area (TPSA) is 124 Å². The van der Waals surface area contributed by atoms with Crippen LogP contribution in [0, 0.1) is 13.8 Å². The van der Waals surface area contributed by atoms with Gasteiger partial charge in [0.1, 0.15) is 11.3 Å². The van der Waals surface area contributed by atoms with Gasteiger partial charge in [0, 0.05) is 34.4 Å². The number of carboxylic acid groups (broad SMARTS) is 1. The molecule has 0 radical (unpaired) electrons. The van der Waals surface area contributed by atoms with Crippen molar-refractivity contribution in [3.8, 4) is 5.75 Å². The minimum absolute atomic E-state index is 0.238. The predicted molar refractivity (Wildman–Crippen MR) is 104 cm³/mol. The maximum absolute atomic E-state index is 12.5. The number of hydrogen-bond donors (Lipinski definition) is 4. The van der Waals surface area contributed by atoms with Crippen LogP contribution in [0.2, 0.25) is 0 Å². The van der Waals surface area contributed by atoms with Gasteiger partial charge in [-0.2, -0.15) is 0 Å². The molecule has 3 rings (SSSR count). The van der Waals surface area contributed by atoms with E-state index in [-0.39, 0.29) is 11.3 Å². The summed E-state index contributed by atoms with van der Waals surface area (Å²) >= 11 is 0. The summed E-state index contributed by atoms with van der Waals surface area (Å²) in [5.74, 6) is -1.65. The first-order chi connectivity index (χ1) is 13.3. The van der Waals surface area contributed by atoms with Gasteiger partial charge in [0.15, 0.2) is 0 Å². The Morgan fingerprint density at radius 3 is 2.29 bits per heavy atom. The molecule has 1 amide bonds. The SMILES string of the molecule is Cc1cc(C)nc(Nc2cccc(C(=O)Nc3ccc(C(=O)O)c(O)c3)c2)n1. The highest BCUT2D eigenvalue weighted by Gasteiger charge is 2.12. The van der Waals surface area contributed by atoms with Gasteiger partial charge in [-0.15, -0.1) is 0 Å². The molecule has 0 fully saturated rings. The van der Waals surface area contributed by atoms with E-state index in [1.807, 2.05) is 19.9 Å². The number of aromatic hydroxyl groups is 1. The number of hydrogen-bond acceptors (Lipinski definition) is 6. The Morgan fingerprint density at radius 2 is 1.64 bits per heavy atom. The third-order valence-electron chi connectivity index (χ3n) is 3.85. The number of carbonyl (C=O) groups is 2. The van der Waals surface area contributed by atoms with Crippen LogP contribution >= 0.6 is 0 Å². The first kappa shape index (κ1) is 18.8. The molecule has 0 saturated heterocycles. The van der Waals surface area contributed by atoms with Crippen LogP contribution in [0.5, 0.6) is 5.75 Å². The first-order valence-electron chi connectivity index (χ1n) is 8.39. The number of benzene rings is 2. The van der Waals surface area contributed by atoms with Gasteiger partial charge in [0.05, 0.1) is 0 Å². The molecule has 0 aliphatic heterocycles. The summed E-state index contributed by atoms with van der Waals surface area (Å²) in [7, 11) is 0. The molecular weight excluding hydrogens is 360 g/mol. The number of carboxylic acids is 1. The van der Waals surface area contributed by atoms with Crippen molar-refractivity contribution in [1.82, 2.24) is 9.97 Å². The highest BCUT2D eigenvalue weighted by atomic mass is 16.4. The molecule has 0 atom stereocenters. The zero-order chi connectivity index (χ0) is 20.3. The Hall–Kier alpha value is -3.94. The second-order valence-corrected chi connectivity index (χ2v) is 6.17. The summed E-state index contributed by atoms with van der Waals surface area (Å²) in [6, 6.07) is 12.5. The predicted octanol–water partition coefficient (Wildman–Crippen LogP) is 3.49. The van der Waals surface area contributed by atoms with Gasteiger partial charge < -0.3 is 20.8 Å². The molecule has 0 aliphatic carbocycles. The lowest BCUT2D eigenvalue weighted by molar-refractivity contribution is 0.0693. The number of carbonyl (C=O) groups excluding carboxylic acids is 1. The molecule has 1 aromatic heterocycles. The fraction of sp³-hybridized carbons (Fsp3) is 0.100. The third-order valence-corrected chi connectivity index (χ3v) is 3.85. The molecule has 1 heterocycles. The normalized spacial score (nSPS) is 10.4. The lowest BCUT2D eigenvalue weighted by Crippen LogP contribution is -2.12. The van der Waals surface area contributed by atoms with Crippen molar-refractivity contribution in [2.45, 2.75) is 13.8 Å². The van der Waals surface area contributed by atoms with E-state index in [1.165, 1.54) is 18.2 Å². The molecule has 4 N–H and O–H groups in total. The van der Waals surface area contributed by atoms with Crippen LogP contribution in [-0.4, -0.2) is 32.1 Å². The molecule has 142 valence electrons. The van der Waals surface area contributed by atoms with Crippen molar-refractivity contribution < 1.29 is 19.8 Å². The van der Waals surface area contributed by atoms with Gasteiger partial charge in [-0.3, -0.25) is 4.79 Å². The zero-order valence-electron chi connectivity index (χ0n) is 15.2. The molecular formula is C20H18N4O4. The molecule has 3 aromatic rings. The van der Waals surface area contributed by atoms with Crippen LogP contribution in [0.1, 0.15) is 32.1 Å². The number of nitrogens with zero attached hydrogens (tertiary/aromatic N) is 2. The summed E-state index contributed by atoms with van der Waals surface area (Å²) in [5, 5.41) is 24.4. The van der Waals surface area contributed by atoms with Gasteiger partial charge in [-0.1, -0.05) is 6.07 Å². The Kier molecular flexibility index (Phi) is 5.21. The molecule has 0 bridgehead atoms. The molecule has 2 aromatic carbocycles. The standard InChI is InChI=1S/C20H18N4O4/c1-11-8-12(2)22-20(21-11)24-14-5-3-4-13(9-14)18(26)23-15-6-7-16(19(27)28)17(25)10-15/h3-10,25H,1-2H3,(H,23,26)(H,27,28)(H,21,22,24). The van der Waals surface area contributed by atoms with Crippen molar-refractivity contribution in [2.24, 2.45) is 0 Å². The summed E-state index contributed by atoms with van der Waals surface area (Å²) in [6.45, 7) is 3.74. The van der Waals surface area contributed by atoms with E-state index in [0.29, 0.717) is 17.2 Å². The number of amides is 1. The number of aromatic carboxylic acids is 1. The number of rotatable bonds is 5. The zero-order valence-corrected chi connectivity index (χ0v) is 15.2. The lowest BCUT2D eigenvalue weighted by Gasteiger charge is -2.10. The molecule has 28 heavy (non-hydrogen) atoms. The Morgan fingerprint density at radius 1 is 0.929 bits per heavy atom. The van der Waals surface area contributed by atoms with Crippen molar-refractivity contribution in [3.63, 3.8) is 0 Å². The van der Waals surface area contributed by atoms with Gasteiger partial charge >= 0.3 is 5.97 Å². The van der Waals surface area contributed by atoms with Crippen molar-refractivity contribution in [3.05, 3.63) is 71.0 Å². The number of aromatic nitrogens is 2.